The standard InChI is InChI=1S/C23H16Br2N2O/c1-15-5-9-17(10-6-15)22-26-21(13-16-7-11-18(24)12-8-16)23(28)27(22)20-4-2-3-19(25)14-20/h2-14H,1H3/b21-13+. The van der Waals surface area contributed by atoms with Crippen LogP contribution in [0.25, 0.3) is 6.08 Å². The Morgan fingerprint density at radius 3 is 2.29 bits per heavy atom. The van der Waals surface area contributed by atoms with Crippen molar-refractivity contribution in [3.05, 3.63) is 104 Å². The summed E-state index contributed by atoms with van der Waals surface area (Å²) in [5.41, 5.74) is 4.18. The van der Waals surface area contributed by atoms with E-state index in [1.54, 1.807) is 4.90 Å². The van der Waals surface area contributed by atoms with Crippen molar-refractivity contribution < 1.29 is 4.79 Å². The Morgan fingerprint density at radius 1 is 0.893 bits per heavy atom. The Hall–Kier alpha value is -2.50. The van der Waals surface area contributed by atoms with Gasteiger partial charge in [-0.3, -0.25) is 9.69 Å². The van der Waals surface area contributed by atoms with Crippen molar-refractivity contribution in [3.8, 4) is 0 Å². The summed E-state index contributed by atoms with van der Waals surface area (Å²) in [4.78, 5) is 19.6. The third-order valence-electron chi connectivity index (χ3n) is 4.41. The van der Waals surface area contributed by atoms with Crippen molar-refractivity contribution in [2.75, 3.05) is 4.90 Å². The van der Waals surface area contributed by atoms with Crippen LogP contribution in [0.3, 0.4) is 0 Å². The quantitative estimate of drug-likeness (QED) is 0.389. The molecule has 0 unspecified atom stereocenters. The normalized spacial score (nSPS) is 15.2. The monoisotopic (exact) mass is 494 g/mol. The summed E-state index contributed by atoms with van der Waals surface area (Å²) in [6.45, 7) is 2.04. The minimum atomic E-state index is -0.142. The molecule has 1 aliphatic heterocycles. The topological polar surface area (TPSA) is 32.7 Å². The lowest BCUT2D eigenvalue weighted by atomic mass is 10.1. The van der Waals surface area contributed by atoms with Crippen LogP contribution in [-0.2, 0) is 4.79 Å². The van der Waals surface area contributed by atoms with Gasteiger partial charge in [-0.05, 0) is 48.9 Å². The first-order valence-electron chi connectivity index (χ1n) is 8.74. The van der Waals surface area contributed by atoms with E-state index in [1.807, 2.05) is 85.8 Å². The second-order valence-corrected chi connectivity index (χ2v) is 8.33. The average Bonchev–Trinajstić information content (AvgIpc) is 3.00. The molecule has 0 atom stereocenters. The predicted octanol–water partition coefficient (Wildman–Crippen LogP) is 6.35. The number of nitrogens with zero attached hydrogens (tertiary/aromatic N) is 2. The maximum Gasteiger partial charge on any atom is 0.282 e. The number of aliphatic imine (C=N–C) groups is 1. The Kier molecular flexibility index (Phi) is 5.29. The summed E-state index contributed by atoms with van der Waals surface area (Å²) in [7, 11) is 0. The van der Waals surface area contributed by atoms with Crippen LogP contribution in [0.4, 0.5) is 5.69 Å². The highest BCUT2D eigenvalue weighted by Gasteiger charge is 2.32. The van der Waals surface area contributed by atoms with Crippen molar-refractivity contribution >= 4 is 55.4 Å². The van der Waals surface area contributed by atoms with Gasteiger partial charge < -0.3 is 0 Å². The maximum atomic E-state index is 13.3. The fourth-order valence-electron chi connectivity index (χ4n) is 2.98. The van der Waals surface area contributed by atoms with E-state index in [1.165, 1.54) is 0 Å². The van der Waals surface area contributed by atoms with E-state index in [0.717, 1.165) is 31.3 Å². The molecule has 0 bridgehead atoms. The molecule has 0 aromatic heterocycles. The minimum Gasteiger partial charge on any atom is -0.266 e. The van der Waals surface area contributed by atoms with Crippen molar-refractivity contribution in [2.24, 2.45) is 4.99 Å². The summed E-state index contributed by atoms with van der Waals surface area (Å²) in [6.07, 6.45) is 1.82. The number of anilines is 1. The number of rotatable bonds is 3. The molecule has 138 valence electrons. The summed E-state index contributed by atoms with van der Waals surface area (Å²) < 4.78 is 1.90. The first kappa shape index (κ1) is 18.8. The number of halogens is 2. The molecule has 5 heteroatoms. The Labute approximate surface area is 180 Å². The van der Waals surface area contributed by atoms with Gasteiger partial charge in [0.15, 0.2) is 0 Å². The van der Waals surface area contributed by atoms with Crippen LogP contribution in [-0.4, -0.2) is 11.7 Å². The van der Waals surface area contributed by atoms with Gasteiger partial charge in [-0.1, -0.05) is 79.9 Å². The minimum absolute atomic E-state index is 0.142. The van der Waals surface area contributed by atoms with E-state index in [2.05, 4.69) is 31.9 Å². The highest BCUT2D eigenvalue weighted by atomic mass is 79.9. The van der Waals surface area contributed by atoms with Crippen LogP contribution in [0.2, 0.25) is 0 Å². The van der Waals surface area contributed by atoms with Gasteiger partial charge in [0.2, 0.25) is 0 Å². The molecule has 28 heavy (non-hydrogen) atoms. The number of carbonyl (C=O) groups is 1. The zero-order chi connectivity index (χ0) is 19.7. The van der Waals surface area contributed by atoms with Gasteiger partial charge in [-0.15, -0.1) is 0 Å². The number of amides is 1. The lowest BCUT2D eigenvalue weighted by molar-refractivity contribution is -0.113. The van der Waals surface area contributed by atoms with Gasteiger partial charge in [0.25, 0.3) is 5.91 Å². The molecule has 0 radical (unpaired) electrons. The van der Waals surface area contributed by atoms with E-state index < -0.39 is 0 Å². The first-order chi connectivity index (χ1) is 13.5. The van der Waals surface area contributed by atoms with Crippen molar-refractivity contribution in [1.29, 1.82) is 0 Å². The van der Waals surface area contributed by atoms with Crippen LogP contribution in [0, 0.1) is 6.92 Å². The van der Waals surface area contributed by atoms with E-state index in [0.29, 0.717) is 11.5 Å². The number of benzene rings is 3. The molecule has 3 aromatic carbocycles. The van der Waals surface area contributed by atoms with Gasteiger partial charge in [-0.2, -0.15) is 0 Å². The van der Waals surface area contributed by atoms with Crippen LogP contribution in [0.1, 0.15) is 16.7 Å². The van der Waals surface area contributed by atoms with Crippen molar-refractivity contribution in [1.82, 2.24) is 0 Å². The molecule has 1 heterocycles. The molecule has 3 aromatic rings. The van der Waals surface area contributed by atoms with Gasteiger partial charge in [0.1, 0.15) is 11.5 Å². The molecule has 3 nitrogen and oxygen atoms in total. The SMILES string of the molecule is Cc1ccc(C2=N/C(=C/c3ccc(Br)cc3)C(=O)N2c2cccc(Br)c2)cc1. The molecular weight excluding hydrogens is 480 g/mol. The van der Waals surface area contributed by atoms with Gasteiger partial charge >= 0.3 is 0 Å². The lowest BCUT2D eigenvalue weighted by Crippen LogP contribution is -2.32. The zero-order valence-corrected chi connectivity index (χ0v) is 18.2. The Balaban J connectivity index is 1.82. The Morgan fingerprint density at radius 2 is 1.61 bits per heavy atom. The van der Waals surface area contributed by atoms with Crippen molar-refractivity contribution in [2.45, 2.75) is 6.92 Å². The average molecular weight is 496 g/mol. The molecule has 4 rings (SSSR count). The molecule has 0 spiro atoms. The summed E-state index contributed by atoms with van der Waals surface area (Å²) >= 11 is 6.93. The number of aryl methyl sites for hydroxylation is 1. The predicted molar refractivity (Wildman–Crippen MR) is 121 cm³/mol. The molecule has 0 saturated heterocycles. The zero-order valence-electron chi connectivity index (χ0n) is 15.1. The van der Waals surface area contributed by atoms with E-state index in [4.69, 9.17) is 4.99 Å². The maximum absolute atomic E-state index is 13.3. The molecule has 0 fully saturated rings. The number of hydrogen-bond donors (Lipinski definition) is 0. The number of hydrogen-bond acceptors (Lipinski definition) is 2. The molecule has 1 amide bonds. The molecule has 0 aliphatic carbocycles. The number of carbonyl (C=O) groups excluding carboxylic acids is 1. The fourth-order valence-corrected chi connectivity index (χ4v) is 3.64. The van der Waals surface area contributed by atoms with E-state index in [-0.39, 0.29) is 5.91 Å². The largest absolute Gasteiger partial charge is 0.282 e. The van der Waals surface area contributed by atoms with Crippen LogP contribution >= 0.6 is 31.9 Å². The molecule has 0 saturated carbocycles. The van der Waals surface area contributed by atoms with Gasteiger partial charge in [0.05, 0.1) is 5.69 Å². The van der Waals surface area contributed by atoms with Crippen molar-refractivity contribution in [3.63, 3.8) is 0 Å². The second-order valence-electron chi connectivity index (χ2n) is 6.50. The fraction of sp³-hybridized carbons (Fsp3) is 0.0435. The van der Waals surface area contributed by atoms with E-state index >= 15 is 0 Å². The number of amidine groups is 1. The third kappa shape index (κ3) is 3.86. The van der Waals surface area contributed by atoms with Crippen LogP contribution < -0.4 is 4.90 Å². The third-order valence-corrected chi connectivity index (χ3v) is 5.43. The molecule has 1 aliphatic rings. The summed E-state index contributed by atoms with van der Waals surface area (Å²) in [6, 6.07) is 23.5. The lowest BCUT2D eigenvalue weighted by Gasteiger charge is -2.19. The van der Waals surface area contributed by atoms with E-state index in [9.17, 15) is 4.79 Å². The molecular formula is C23H16Br2N2O. The smallest absolute Gasteiger partial charge is 0.266 e. The van der Waals surface area contributed by atoms with Gasteiger partial charge in [0, 0.05) is 14.5 Å². The summed E-state index contributed by atoms with van der Waals surface area (Å²) in [5.74, 6) is 0.489. The highest BCUT2D eigenvalue weighted by molar-refractivity contribution is 9.10. The Bertz CT molecular complexity index is 1100. The second kappa shape index (κ2) is 7.86. The summed E-state index contributed by atoms with van der Waals surface area (Å²) in [5, 5.41) is 0. The highest BCUT2D eigenvalue weighted by Crippen LogP contribution is 2.29. The van der Waals surface area contributed by atoms with Crippen LogP contribution in [0.15, 0.2) is 92.4 Å². The van der Waals surface area contributed by atoms with Gasteiger partial charge in [-0.25, -0.2) is 4.99 Å². The van der Waals surface area contributed by atoms with Crippen LogP contribution in [0.5, 0.6) is 0 Å². The first-order valence-corrected chi connectivity index (χ1v) is 10.3. The molecule has 0 N–H and O–H groups in total.